The normalized spacial score (nSPS) is 11.3. The fourth-order valence-corrected chi connectivity index (χ4v) is 3.05. The SMILES string of the molecule is COc1ccc2[nH]c(=O)c(-c3nc(-c4ccc(CN(C)C)cc4)no3)cc2c1. The zero-order chi connectivity index (χ0) is 19.7. The Balaban J connectivity index is 1.69. The Kier molecular flexibility index (Phi) is 4.67. The fraction of sp³-hybridized carbons (Fsp3) is 0.190. The largest absolute Gasteiger partial charge is 0.497 e. The summed E-state index contributed by atoms with van der Waals surface area (Å²) < 4.78 is 10.6. The molecule has 0 radical (unpaired) electrons. The average molecular weight is 376 g/mol. The van der Waals surface area contributed by atoms with Crippen LogP contribution in [0.15, 0.2) is 57.8 Å². The van der Waals surface area contributed by atoms with Gasteiger partial charge in [-0.2, -0.15) is 4.98 Å². The Morgan fingerprint density at radius 3 is 2.61 bits per heavy atom. The third-order valence-electron chi connectivity index (χ3n) is 4.42. The number of aromatic nitrogens is 3. The second-order valence-corrected chi connectivity index (χ2v) is 6.82. The van der Waals surface area contributed by atoms with Gasteiger partial charge in [0.2, 0.25) is 5.82 Å². The van der Waals surface area contributed by atoms with E-state index in [9.17, 15) is 4.79 Å². The maximum Gasteiger partial charge on any atom is 0.263 e. The van der Waals surface area contributed by atoms with Crippen LogP contribution in [0.4, 0.5) is 0 Å². The highest BCUT2D eigenvalue weighted by atomic mass is 16.5. The molecule has 28 heavy (non-hydrogen) atoms. The number of fused-ring (bicyclic) bond motifs is 1. The predicted octanol–water partition coefficient (Wildman–Crippen LogP) is 3.32. The van der Waals surface area contributed by atoms with Gasteiger partial charge in [0.1, 0.15) is 11.3 Å². The molecular weight excluding hydrogens is 356 g/mol. The van der Waals surface area contributed by atoms with E-state index in [-0.39, 0.29) is 11.4 Å². The van der Waals surface area contributed by atoms with Crippen LogP contribution in [0, 0.1) is 0 Å². The van der Waals surface area contributed by atoms with Crippen LogP contribution in [-0.2, 0) is 6.54 Å². The number of pyridine rings is 1. The van der Waals surface area contributed by atoms with Crippen molar-refractivity contribution in [3.05, 3.63) is 64.4 Å². The summed E-state index contributed by atoms with van der Waals surface area (Å²) in [6.07, 6.45) is 0. The van der Waals surface area contributed by atoms with Crippen LogP contribution in [-0.4, -0.2) is 41.2 Å². The Labute approximate surface area is 161 Å². The molecule has 2 aromatic carbocycles. The topological polar surface area (TPSA) is 84.3 Å². The Morgan fingerprint density at radius 2 is 1.89 bits per heavy atom. The van der Waals surface area contributed by atoms with Gasteiger partial charge in [0.15, 0.2) is 0 Å². The Hall–Kier alpha value is -3.45. The van der Waals surface area contributed by atoms with Gasteiger partial charge in [-0.25, -0.2) is 0 Å². The third kappa shape index (κ3) is 3.52. The number of aromatic amines is 1. The molecule has 2 heterocycles. The molecule has 7 heteroatoms. The summed E-state index contributed by atoms with van der Waals surface area (Å²) in [6, 6.07) is 15.1. The highest BCUT2D eigenvalue weighted by Crippen LogP contribution is 2.24. The first-order valence-corrected chi connectivity index (χ1v) is 8.82. The van der Waals surface area contributed by atoms with Gasteiger partial charge in [0.05, 0.1) is 7.11 Å². The molecule has 0 fully saturated rings. The lowest BCUT2D eigenvalue weighted by atomic mass is 10.1. The van der Waals surface area contributed by atoms with E-state index >= 15 is 0 Å². The van der Waals surface area contributed by atoms with E-state index in [0.717, 1.165) is 17.5 Å². The van der Waals surface area contributed by atoms with Gasteiger partial charge in [0.25, 0.3) is 11.4 Å². The number of H-pyrrole nitrogens is 1. The lowest BCUT2D eigenvalue weighted by Gasteiger charge is -2.09. The number of nitrogens with one attached hydrogen (secondary N) is 1. The number of benzene rings is 2. The van der Waals surface area contributed by atoms with Crippen molar-refractivity contribution in [2.45, 2.75) is 6.54 Å². The molecular formula is C21H20N4O3. The van der Waals surface area contributed by atoms with Crippen molar-refractivity contribution in [2.75, 3.05) is 21.2 Å². The summed E-state index contributed by atoms with van der Waals surface area (Å²) >= 11 is 0. The van der Waals surface area contributed by atoms with Gasteiger partial charge in [-0.1, -0.05) is 29.4 Å². The number of hydrogen-bond donors (Lipinski definition) is 1. The second-order valence-electron chi connectivity index (χ2n) is 6.82. The standard InChI is InChI=1S/C21H20N4O3/c1-25(2)12-13-4-6-14(7-5-13)19-23-21(28-24-19)17-11-15-10-16(27-3)8-9-18(15)22-20(17)26/h4-11H,12H2,1-3H3,(H,22,26). The molecule has 7 nitrogen and oxygen atoms in total. The molecule has 0 unspecified atom stereocenters. The van der Waals surface area contributed by atoms with E-state index in [0.29, 0.717) is 22.7 Å². The first-order chi connectivity index (χ1) is 13.5. The van der Waals surface area contributed by atoms with Crippen LogP contribution >= 0.6 is 0 Å². The number of methoxy groups -OCH3 is 1. The minimum absolute atomic E-state index is 0.179. The molecule has 1 N–H and O–H groups in total. The van der Waals surface area contributed by atoms with E-state index in [2.05, 4.69) is 20.0 Å². The first-order valence-electron chi connectivity index (χ1n) is 8.82. The molecule has 4 rings (SSSR count). The second kappa shape index (κ2) is 7.28. The molecule has 0 amide bonds. The molecule has 2 aromatic heterocycles. The summed E-state index contributed by atoms with van der Waals surface area (Å²) in [5, 5.41) is 4.86. The van der Waals surface area contributed by atoms with Crippen LogP contribution in [0.2, 0.25) is 0 Å². The number of hydrogen-bond acceptors (Lipinski definition) is 6. The molecule has 4 aromatic rings. The fourth-order valence-electron chi connectivity index (χ4n) is 3.05. The van der Waals surface area contributed by atoms with E-state index in [4.69, 9.17) is 9.26 Å². The van der Waals surface area contributed by atoms with Crippen LogP contribution in [0.5, 0.6) is 5.75 Å². The minimum atomic E-state index is -0.283. The lowest BCUT2D eigenvalue weighted by molar-refractivity contribution is 0.402. The first kappa shape index (κ1) is 17.9. The summed E-state index contributed by atoms with van der Waals surface area (Å²) in [4.78, 5) is 21.8. The summed E-state index contributed by atoms with van der Waals surface area (Å²) in [7, 11) is 5.65. The van der Waals surface area contributed by atoms with Gasteiger partial charge in [0, 0.05) is 23.0 Å². The van der Waals surface area contributed by atoms with Gasteiger partial charge in [-0.3, -0.25) is 4.79 Å². The Bertz CT molecular complexity index is 1180. The zero-order valence-electron chi connectivity index (χ0n) is 15.9. The maximum atomic E-state index is 12.5. The lowest BCUT2D eigenvalue weighted by Crippen LogP contribution is -2.10. The van der Waals surface area contributed by atoms with Gasteiger partial charge in [-0.05, 0) is 43.9 Å². The van der Waals surface area contributed by atoms with Gasteiger partial charge < -0.3 is 19.1 Å². The molecule has 0 aliphatic heterocycles. The zero-order valence-corrected chi connectivity index (χ0v) is 15.9. The average Bonchev–Trinajstić information content (AvgIpc) is 3.17. The van der Waals surface area contributed by atoms with Crippen LogP contribution in [0.1, 0.15) is 5.56 Å². The van der Waals surface area contributed by atoms with Crippen molar-refractivity contribution < 1.29 is 9.26 Å². The molecule has 0 saturated carbocycles. The van der Waals surface area contributed by atoms with E-state index < -0.39 is 0 Å². The molecule has 0 aliphatic carbocycles. The summed E-state index contributed by atoms with van der Waals surface area (Å²) in [6.45, 7) is 0.855. The maximum absolute atomic E-state index is 12.5. The van der Waals surface area contributed by atoms with Gasteiger partial charge in [-0.15, -0.1) is 0 Å². The molecule has 0 saturated heterocycles. The highest BCUT2D eigenvalue weighted by molar-refractivity contribution is 5.83. The predicted molar refractivity (Wildman–Crippen MR) is 107 cm³/mol. The molecule has 0 aliphatic rings. The smallest absolute Gasteiger partial charge is 0.263 e. The van der Waals surface area contributed by atoms with Crippen molar-refractivity contribution in [1.82, 2.24) is 20.0 Å². The minimum Gasteiger partial charge on any atom is -0.497 e. The van der Waals surface area contributed by atoms with Crippen molar-refractivity contribution in [3.63, 3.8) is 0 Å². The number of ether oxygens (including phenoxy) is 1. The van der Waals surface area contributed by atoms with Crippen LogP contribution in [0.3, 0.4) is 0 Å². The van der Waals surface area contributed by atoms with Crippen molar-refractivity contribution >= 4 is 10.9 Å². The van der Waals surface area contributed by atoms with Gasteiger partial charge >= 0.3 is 0 Å². The quantitative estimate of drug-likeness (QED) is 0.575. The van der Waals surface area contributed by atoms with Crippen LogP contribution < -0.4 is 10.3 Å². The number of nitrogens with zero attached hydrogens (tertiary/aromatic N) is 3. The molecule has 142 valence electrons. The summed E-state index contributed by atoms with van der Waals surface area (Å²) in [5.41, 5.74) is 2.78. The molecule has 0 atom stereocenters. The molecule has 0 spiro atoms. The summed E-state index contributed by atoms with van der Waals surface area (Å²) in [5.74, 6) is 1.32. The van der Waals surface area contributed by atoms with E-state index in [1.165, 1.54) is 5.56 Å². The molecule has 0 bridgehead atoms. The van der Waals surface area contributed by atoms with E-state index in [1.807, 2.05) is 44.4 Å². The van der Waals surface area contributed by atoms with Crippen molar-refractivity contribution in [1.29, 1.82) is 0 Å². The third-order valence-corrected chi connectivity index (χ3v) is 4.42. The van der Waals surface area contributed by atoms with E-state index in [1.54, 1.807) is 25.3 Å². The monoisotopic (exact) mass is 376 g/mol. The van der Waals surface area contributed by atoms with Crippen molar-refractivity contribution in [3.8, 4) is 28.6 Å². The van der Waals surface area contributed by atoms with Crippen molar-refractivity contribution in [2.24, 2.45) is 0 Å². The van der Waals surface area contributed by atoms with Crippen LogP contribution in [0.25, 0.3) is 33.7 Å². The highest BCUT2D eigenvalue weighted by Gasteiger charge is 2.15. The number of rotatable bonds is 5. The Morgan fingerprint density at radius 1 is 1.11 bits per heavy atom.